The quantitative estimate of drug-likeness (QED) is 0.476. The Morgan fingerprint density at radius 1 is 1.10 bits per heavy atom. The molecule has 0 atom stereocenters. The summed E-state index contributed by atoms with van der Waals surface area (Å²) < 4.78 is 30.8. The largest absolute Gasteiger partial charge is 0.352 e. The summed E-state index contributed by atoms with van der Waals surface area (Å²) in [4.78, 5) is 12.7. The Balaban J connectivity index is 1.43. The average molecular weight is 408 g/mol. The highest BCUT2D eigenvalue weighted by atomic mass is 19.1. The second-order valence-corrected chi connectivity index (χ2v) is 7.23. The molecule has 2 aromatic heterocycles. The number of hydrogen-bond acceptors (Lipinski definition) is 2. The van der Waals surface area contributed by atoms with Crippen molar-refractivity contribution >= 4 is 16.8 Å². The molecule has 7 heteroatoms. The van der Waals surface area contributed by atoms with E-state index in [4.69, 9.17) is 0 Å². The highest BCUT2D eigenvalue weighted by Gasteiger charge is 2.20. The van der Waals surface area contributed by atoms with Crippen LogP contribution >= 0.6 is 0 Å². The Morgan fingerprint density at radius 3 is 2.70 bits per heavy atom. The van der Waals surface area contributed by atoms with Gasteiger partial charge in [0, 0.05) is 30.9 Å². The molecule has 0 unspecified atom stereocenters. The van der Waals surface area contributed by atoms with E-state index in [1.807, 2.05) is 18.3 Å². The molecule has 1 amide bonds. The van der Waals surface area contributed by atoms with Gasteiger partial charge < -0.3 is 9.88 Å². The van der Waals surface area contributed by atoms with E-state index in [9.17, 15) is 13.6 Å². The fourth-order valence-electron chi connectivity index (χ4n) is 3.73. The van der Waals surface area contributed by atoms with Crippen LogP contribution in [0.25, 0.3) is 16.6 Å². The smallest absolute Gasteiger partial charge is 0.255 e. The molecule has 4 aromatic rings. The van der Waals surface area contributed by atoms with E-state index in [1.165, 1.54) is 22.2 Å². The van der Waals surface area contributed by atoms with Crippen LogP contribution < -0.4 is 5.32 Å². The highest BCUT2D eigenvalue weighted by Crippen LogP contribution is 2.21. The highest BCUT2D eigenvalue weighted by molar-refractivity contribution is 5.96. The molecule has 0 spiro atoms. The third-order valence-electron chi connectivity index (χ3n) is 5.20. The predicted molar refractivity (Wildman–Crippen MR) is 112 cm³/mol. The van der Waals surface area contributed by atoms with Crippen molar-refractivity contribution in [3.8, 4) is 5.69 Å². The zero-order valence-corrected chi connectivity index (χ0v) is 16.8. The Morgan fingerprint density at radius 2 is 1.90 bits per heavy atom. The van der Waals surface area contributed by atoms with Crippen LogP contribution in [0.3, 0.4) is 0 Å². The number of benzene rings is 2. The van der Waals surface area contributed by atoms with E-state index in [0.717, 1.165) is 24.5 Å². The van der Waals surface area contributed by atoms with Gasteiger partial charge in [0.1, 0.15) is 11.5 Å². The van der Waals surface area contributed by atoms with Crippen molar-refractivity contribution in [3.63, 3.8) is 0 Å². The molecule has 30 heavy (non-hydrogen) atoms. The standard InChI is InChI=1S/C23H22F2N4O/c1-15-22(16(2)29(27-15)21-9-8-18(24)14-19(21)25)23(30)26-11-5-12-28-13-10-17-6-3-4-7-20(17)28/h3-4,6-10,13-14H,5,11-12H2,1-2H3,(H,26,30). The van der Waals surface area contributed by atoms with Gasteiger partial charge in [0.05, 0.1) is 17.0 Å². The van der Waals surface area contributed by atoms with Gasteiger partial charge in [-0.3, -0.25) is 4.79 Å². The number of para-hydroxylation sites is 1. The number of nitrogens with one attached hydrogen (secondary N) is 1. The van der Waals surface area contributed by atoms with Crippen LogP contribution in [-0.2, 0) is 6.54 Å². The van der Waals surface area contributed by atoms with Gasteiger partial charge in [0.15, 0.2) is 5.82 Å². The number of aromatic nitrogens is 3. The first kappa shape index (κ1) is 19.8. The Labute approximate surface area is 172 Å². The number of aryl methyl sites for hydroxylation is 2. The fourth-order valence-corrected chi connectivity index (χ4v) is 3.73. The Bertz CT molecular complexity index is 1230. The zero-order valence-electron chi connectivity index (χ0n) is 16.8. The minimum atomic E-state index is -0.730. The van der Waals surface area contributed by atoms with E-state index >= 15 is 0 Å². The third kappa shape index (κ3) is 3.70. The summed E-state index contributed by atoms with van der Waals surface area (Å²) in [5, 5.41) is 8.39. The van der Waals surface area contributed by atoms with E-state index in [2.05, 4.69) is 33.2 Å². The van der Waals surface area contributed by atoms with Crippen LogP contribution in [0.5, 0.6) is 0 Å². The molecule has 0 saturated heterocycles. The molecule has 0 aliphatic carbocycles. The van der Waals surface area contributed by atoms with Crippen LogP contribution in [0.15, 0.2) is 54.7 Å². The molecular weight excluding hydrogens is 386 g/mol. The number of amides is 1. The minimum Gasteiger partial charge on any atom is -0.352 e. The van der Waals surface area contributed by atoms with Gasteiger partial charge in [-0.05, 0) is 49.9 Å². The topological polar surface area (TPSA) is 51.9 Å². The summed E-state index contributed by atoms with van der Waals surface area (Å²) >= 11 is 0. The van der Waals surface area contributed by atoms with Crippen LogP contribution in [0.2, 0.25) is 0 Å². The summed E-state index contributed by atoms with van der Waals surface area (Å²) in [5.41, 5.74) is 2.68. The van der Waals surface area contributed by atoms with Gasteiger partial charge in [-0.15, -0.1) is 0 Å². The van der Waals surface area contributed by atoms with Crippen LogP contribution in [0, 0.1) is 25.5 Å². The number of fused-ring (bicyclic) bond motifs is 1. The number of carbonyl (C=O) groups excluding carboxylic acids is 1. The van der Waals surface area contributed by atoms with Gasteiger partial charge in [-0.1, -0.05) is 18.2 Å². The average Bonchev–Trinajstić information content (AvgIpc) is 3.26. The molecule has 0 saturated carbocycles. The molecule has 5 nitrogen and oxygen atoms in total. The minimum absolute atomic E-state index is 0.107. The van der Waals surface area contributed by atoms with E-state index in [-0.39, 0.29) is 11.6 Å². The third-order valence-corrected chi connectivity index (χ3v) is 5.20. The molecule has 0 fully saturated rings. The molecule has 154 valence electrons. The first-order valence-corrected chi connectivity index (χ1v) is 9.79. The zero-order chi connectivity index (χ0) is 21.3. The van der Waals surface area contributed by atoms with Gasteiger partial charge in [-0.2, -0.15) is 5.10 Å². The Kier molecular flexibility index (Phi) is 5.35. The lowest BCUT2D eigenvalue weighted by Gasteiger charge is -2.09. The maximum atomic E-state index is 14.1. The second kappa shape index (κ2) is 8.10. The van der Waals surface area contributed by atoms with Crippen molar-refractivity contribution in [2.45, 2.75) is 26.8 Å². The first-order valence-electron chi connectivity index (χ1n) is 9.79. The van der Waals surface area contributed by atoms with Gasteiger partial charge in [0.2, 0.25) is 0 Å². The summed E-state index contributed by atoms with van der Waals surface area (Å²) in [6, 6.07) is 13.5. The molecule has 0 aliphatic rings. The summed E-state index contributed by atoms with van der Waals surface area (Å²) in [5.74, 6) is -1.64. The van der Waals surface area contributed by atoms with Crippen molar-refractivity contribution in [2.24, 2.45) is 0 Å². The van der Waals surface area contributed by atoms with E-state index in [1.54, 1.807) is 13.8 Å². The lowest BCUT2D eigenvalue weighted by Crippen LogP contribution is -2.26. The molecule has 1 N–H and O–H groups in total. The monoisotopic (exact) mass is 408 g/mol. The maximum absolute atomic E-state index is 14.1. The van der Waals surface area contributed by atoms with Crippen molar-refractivity contribution in [3.05, 3.63) is 83.3 Å². The van der Waals surface area contributed by atoms with Crippen molar-refractivity contribution in [2.75, 3.05) is 6.54 Å². The number of nitrogens with zero attached hydrogens (tertiary/aromatic N) is 3. The Hall–Kier alpha value is -3.48. The second-order valence-electron chi connectivity index (χ2n) is 7.23. The SMILES string of the molecule is Cc1nn(-c2ccc(F)cc2F)c(C)c1C(=O)NCCCn1ccc2ccccc21. The lowest BCUT2D eigenvalue weighted by atomic mass is 10.2. The predicted octanol–water partition coefficient (Wildman–Crippen LogP) is 4.54. The van der Waals surface area contributed by atoms with Crippen molar-refractivity contribution < 1.29 is 13.6 Å². The van der Waals surface area contributed by atoms with Gasteiger partial charge in [0.25, 0.3) is 5.91 Å². The van der Waals surface area contributed by atoms with Crippen LogP contribution in [0.4, 0.5) is 8.78 Å². The first-order chi connectivity index (χ1) is 14.5. The maximum Gasteiger partial charge on any atom is 0.255 e. The number of halogens is 2. The number of carbonyl (C=O) groups is 1. The van der Waals surface area contributed by atoms with Gasteiger partial charge in [-0.25, -0.2) is 13.5 Å². The molecule has 2 aromatic carbocycles. The summed E-state index contributed by atoms with van der Waals surface area (Å²) in [6.45, 7) is 4.68. The van der Waals surface area contributed by atoms with E-state index < -0.39 is 11.6 Å². The number of hydrogen-bond donors (Lipinski definition) is 1. The molecule has 2 heterocycles. The normalized spacial score (nSPS) is 11.2. The molecule has 0 radical (unpaired) electrons. The molecular formula is C23H22F2N4O. The van der Waals surface area contributed by atoms with Gasteiger partial charge >= 0.3 is 0 Å². The number of rotatable bonds is 6. The lowest BCUT2D eigenvalue weighted by molar-refractivity contribution is 0.0951. The summed E-state index contributed by atoms with van der Waals surface area (Å²) in [7, 11) is 0. The summed E-state index contributed by atoms with van der Waals surface area (Å²) in [6.07, 6.45) is 2.81. The van der Waals surface area contributed by atoms with Crippen molar-refractivity contribution in [1.82, 2.24) is 19.7 Å². The van der Waals surface area contributed by atoms with Crippen molar-refractivity contribution in [1.29, 1.82) is 0 Å². The van der Waals surface area contributed by atoms with E-state index in [0.29, 0.717) is 23.5 Å². The molecule has 0 aliphatic heterocycles. The molecule has 4 rings (SSSR count). The van der Waals surface area contributed by atoms with Crippen LogP contribution in [-0.4, -0.2) is 26.8 Å². The van der Waals surface area contributed by atoms with Crippen LogP contribution in [0.1, 0.15) is 28.2 Å². The fraction of sp³-hybridized carbons (Fsp3) is 0.217. The molecule has 0 bridgehead atoms.